The lowest BCUT2D eigenvalue weighted by molar-refractivity contribution is 0.100. The number of hydrogen-bond donors (Lipinski definition) is 1. The van der Waals surface area contributed by atoms with Gasteiger partial charge in [0.1, 0.15) is 0 Å². The molecule has 1 heterocycles. The van der Waals surface area contributed by atoms with Crippen molar-refractivity contribution in [3.8, 4) is 0 Å². The first-order chi connectivity index (χ1) is 7.27. The minimum absolute atomic E-state index is 0.415. The summed E-state index contributed by atoms with van der Waals surface area (Å²) in [5, 5.41) is 0. The molecule has 0 unspecified atom stereocenters. The molecule has 0 bridgehead atoms. The Morgan fingerprint density at radius 1 is 1.40 bits per heavy atom. The molecule has 1 amide bonds. The Morgan fingerprint density at radius 2 is 2.13 bits per heavy atom. The third kappa shape index (κ3) is 2.27. The first-order valence-electron chi connectivity index (χ1n) is 4.91. The molecule has 1 aromatic rings. The molecule has 2 N–H and O–H groups in total. The van der Waals surface area contributed by atoms with E-state index in [0.29, 0.717) is 5.56 Å². The van der Waals surface area contributed by atoms with Gasteiger partial charge in [-0.25, -0.2) is 0 Å². The molecule has 1 aliphatic heterocycles. The van der Waals surface area contributed by atoms with Crippen LogP contribution < -0.4 is 10.6 Å². The van der Waals surface area contributed by atoms with Gasteiger partial charge in [0.05, 0.1) is 13.2 Å². The second kappa shape index (κ2) is 4.31. The molecule has 0 saturated carbocycles. The highest BCUT2D eigenvalue weighted by atomic mass is 16.5. The standard InChI is InChI=1S/C11H13N2O2/c12-11(14)9-2-1-3-10(8-9)13-4-6-15-7-5-13/h2-3,8H,4-7H2,(H2,12,14). The fourth-order valence-corrected chi connectivity index (χ4v) is 1.61. The first kappa shape index (κ1) is 9.98. The van der Waals surface area contributed by atoms with Crippen LogP contribution in [0.5, 0.6) is 0 Å². The molecule has 0 spiro atoms. The van der Waals surface area contributed by atoms with E-state index >= 15 is 0 Å². The van der Waals surface area contributed by atoms with Crippen LogP contribution in [0.1, 0.15) is 10.4 Å². The summed E-state index contributed by atoms with van der Waals surface area (Å²) in [7, 11) is 0. The predicted octanol–water partition coefficient (Wildman–Crippen LogP) is 0.422. The van der Waals surface area contributed by atoms with Crippen LogP contribution in [-0.2, 0) is 4.74 Å². The highest BCUT2D eigenvalue weighted by Crippen LogP contribution is 2.16. The quantitative estimate of drug-likeness (QED) is 0.761. The maximum absolute atomic E-state index is 11.0. The second-order valence-electron chi connectivity index (χ2n) is 3.44. The first-order valence-corrected chi connectivity index (χ1v) is 4.91. The minimum atomic E-state index is -0.415. The van der Waals surface area contributed by atoms with Gasteiger partial charge in [0.25, 0.3) is 0 Å². The van der Waals surface area contributed by atoms with E-state index in [-0.39, 0.29) is 0 Å². The molecule has 2 rings (SSSR count). The van der Waals surface area contributed by atoms with Crippen LogP contribution in [0.4, 0.5) is 5.69 Å². The van der Waals surface area contributed by atoms with E-state index in [1.54, 1.807) is 12.1 Å². The molecule has 79 valence electrons. The zero-order valence-electron chi connectivity index (χ0n) is 8.40. The number of amides is 1. The molecule has 1 radical (unpaired) electrons. The van der Waals surface area contributed by atoms with Crippen LogP contribution in [0.3, 0.4) is 0 Å². The highest BCUT2D eigenvalue weighted by molar-refractivity contribution is 5.93. The van der Waals surface area contributed by atoms with Crippen LogP contribution in [0.2, 0.25) is 0 Å². The van der Waals surface area contributed by atoms with Gasteiger partial charge >= 0.3 is 0 Å². The molecule has 4 nitrogen and oxygen atoms in total. The third-order valence-corrected chi connectivity index (χ3v) is 2.43. The van der Waals surface area contributed by atoms with Crippen LogP contribution >= 0.6 is 0 Å². The smallest absolute Gasteiger partial charge is 0.248 e. The largest absolute Gasteiger partial charge is 0.378 e. The van der Waals surface area contributed by atoms with Crippen molar-refractivity contribution < 1.29 is 9.53 Å². The van der Waals surface area contributed by atoms with Crippen molar-refractivity contribution in [3.63, 3.8) is 0 Å². The molecule has 0 aromatic heterocycles. The number of rotatable bonds is 2. The van der Waals surface area contributed by atoms with Crippen molar-refractivity contribution in [1.29, 1.82) is 0 Å². The minimum Gasteiger partial charge on any atom is -0.378 e. The van der Waals surface area contributed by atoms with E-state index < -0.39 is 5.91 Å². The Bertz CT molecular complexity index is 359. The van der Waals surface area contributed by atoms with Gasteiger partial charge in [-0.1, -0.05) is 0 Å². The average molecular weight is 205 g/mol. The Hall–Kier alpha value is -1.55. The number of benzene rings is 1. The number of anilines is 1. The Balaban J connectivity index is 2.19. The summed E-state index contributed by atoms with van der Waals surface area (Å²) < 4.78 is 5.26. The zero-order chi connectivity index (χ0) is 10.7. The zero-order valence-corrected chi connectivity index (χ0v) is 8.40. The third-order valence-electron chi connectivity index (χ3n) is 2.43. The van der Waals surface area contributed by atoms with Crippen molar-refractivity contribution in [2.45, 2.75) is 0 Å². The summed E-state index contributed by atoms with van der Waals surface area (Å²) in [6.45, 7) is 3.13. The molecular formula is C11H13N2O2. The van der Waals surface area contributed by atoms with Crippen LogP contribution in [-0.4, -0.2) is 32.2 Å². The van der Waals surface area contributed by atoms with Crippen LogP contribution in [0.25, 0.3) is 0 Å². The van der Waals surface area contributed by atoms with Crippen molar-refractivity contribution in [2.75, 3.05) is 31.2 Å². The molecule has 4 heteroatoms. The molecule has 15 heavy (non-hydrogen) atoms. The van der Waals surface area contributed by atoms with E-state index in [0.717, 1.165) is 32.0 Å². The van der Waals surface area contributed by atoms with Gasteiger partial charge in [-0.2, -0.15) is 0 Å². The van der Waals surface area contributed by atoms with Gasteiger partial charge in [0, 0.05) is 24.3 Å². The molecular weight excluding hydrogens is 192 g/mol. The van der Waals surface area contributed by atoms with E-state index in [9.17, 15) is 4.79 Å². The van der Waals surface area contributed by atoms with Crippen LogP contribution in [0.15, 0.2) is 18.2 Å². The lowest BCUT2D eigenvalue weighted by Crippen LogP contribution is -2.36. The molecule has 1 aromatic carbocycles. The lowest BCUT2D eigenvalue weighted by Gasteiger charge is -2.28. The molecule has 1 aliphatic rings. The van der Waals surface area contributed by atoms with Crippen LogP contribution in [0, 0.1) is 6.07 Å². The SMILES string of the molecule is NC(=O)c1c[c]cc(N2CCOCC2)c1. The van der Waals surface area contributed by atoms with Gasteiger partial charge in [0.15, 0.2) is 0 Å². The normalized spacial score (nSPS) is 16.4. The van der Waals surface area contributed by atoms with E-state index in [2.05, 4.69) is 11.0 Å². The average Bonchev–Trinajstić information content (AvgIpc) is 2.30. The number of carbonyl (C=O) groups excluding carboxylic acids is 1. The summed E-state index contributed by atoms with van der Waals surface area (Å²) in [6, 6.07) is 8.18. The molecule has 0 aliphatic carbocycles. The van der Waals surface area contributed by atoms with Crippen molar-refractivity contribution in [1.82, 2.24) is 0 Å². The predicted molar refractivity (Wildman–Crippen MR) is 56.8 cm³/mol. The molecule has 1 fully saturated rings. The van der Waals surface area contributed by atoms with Gasteiger partial charge in [-0.15, -0.1) is 0 Å². The topological polar surface area (TPSA) is 55.6 Å². The number of hydrogen-bond acceptors (Lipinski definition) is 3. The summed E-state index contributed by atoms with van der Waals surface area (Å²) >= 11 is 0. The number of nitrogens with two attached hydrogens (primary N) is 1. The fourth-order valence-electron chi connectivity index (χ4n) is 1.61. The maximum atomic E-state index is 11.0. The number of ether oxygens (including phenoxy) is 1. The highest BCUT2D eigenvalue weighted by Gasteiger charge is 2.12. The fraction of sp³-hybridized carbons (Fsp3) is 0.364. The molecule has 1 saturated heterocycles. The Morgan fingerprint density at radius 3 is 2.80 bits per heavy atom. The molecule has 0 atom stereocenters. The Labute approximate surface area is 88.6 Å². The van der Waals surface area contributed by atoms with E-state index in [4.69, 9.17) is 10.5 Å². The van der Waals surface area contributed by atoms with Gasteiger partial charge in [-0.05, 0) is 24.3 Å². The summed E-state index contributed by atoms with van der Waals surface area (Å²) in [5.74, 6) is -0.415. The van der Waals surface area contributed by atoms with Gasteiger partial charge in [0.2, 0.25) is 5.91 Å². The van der Waals surface area contributed by atoms with Crippen molar-refractivity contribution in [3.05, 3.63) is 29.8 Å². The second-order valence-corrected chi connectivity index (χ2v) is 3.44. The van der Waals surface area contributed by atoms with Gasteiger partial charge < -0.3 is 15.4 Å². The Kier molecular flexibility index (Phi) is 2.87. The van der Waals surface area contributed by atoms with Crippen molar-refractivity contribution >= 4 is 11.6 Å². The number of nitrogens with zero attached hydrogens (tertiary/aromatic N) is 1. The maximum Gasteiger partial charge on any atom is 0.248 e. The lowest BCUT2D eigenvalue weighted by atomic mass is 10.1. The summed E-state index contributed by atoms with van der Waals surface area (Å²) in [5.41, 5.74) is 6.69. The summed E-state index contributed by atoms with van der Waals surface area (Å²) in [6.07, 6.45) is 0. The van der Waals surface area contributed by atoms with Crippen molar-refractivity contribution in [2.24, 2.45) is 5.73 Å². The van der Waals surface area contributed by atoms with Gasteiger partial charge in [-0.3, -0.25) is 4.79 Å². The number of morpholine rings is 1. The summed E-state index contributed by atoms with van der Waals surface area (Å²) in [4.78, 5) is 13.2. The monoisotopic (exact) mass is 205 g/mol. The number of primary amides is 1. The number of carbonyl (C=O) groups is 1. The van der Waals surface area contributed by atoms with E-state index in [1.165, 1.54) is 0 Å². The van der Waals surface area contributed by atoms with E-state index in [1.807, 2.05) is 6.07 Å².